The molecule has 1 saturated heterocycles. The molecule has 3 N–H and O–H groups in total. The minimum Gasteiger partial charge on any atom is -0.396 e. The van der Waals surface area contributed by atoms with Gasteiger partial charge in [0.1, 0.15) is 4.90 Å². The Hall–Kier alpha value is -0.530. The van der Waals surface area contributed by atoms with Crippen LogP contribution in [0.5, 0.6) is 0 Å². The molecule has 0 bridgehead atoms. The molecule has 1 aliphatic rings. The normalized spacial score (nSPS) is 22.1. The summed E-state index contributed by atoms with van der Waals surface area (Å²) in [5, 5.41) is 9.72. The number of aliphatic hydroxyl groups excluding tert-OH is 1. The molecule has 0 aromatic heterocycles. The zero-order valence-electron chi connectivity index (χ0n) is 10.9. The molecule has 1 heterocycles. The monoisotopic (exact) mass is 338 g/mol. The van der Waals surface area contributed by atoms with E-state index in [2.05, 4.69) is 0 Å². The number of hydrogen-bond donors (Lipinski definition) is 2. The van der Waals surface area contributed by atoms with Crippen LogP contribution in [-0.4, -0.2) is 37.0 Å². The first kappa shape index (κ1) is 15.9. The fraction of sp³-hybridized carbons (Fsp3) is 0.500. The third-order valence-electron chi connectivity index (χ3n) is 3.58. The summed E-state index contributed by atoms with van der Waals surface area (Å²) in [7, 11) is -3.72. The highest BCUT2D eigenvalue weighted by atomic mass is 35.5. The summed E-state index contributed by atoms with van der Waals surface area (Å²) < 4.78 is 26.4. The van der Waals surface area contributed by atoms with Gasteiger partial charge in [0.15, 0.2) is 0 Å². The van der Waals surface area contributed by atoms with Crippen LogP contribution >= 0.6 is 23.2 Å². The molecule has 0 spiro atoms. The smallest absolute Gasteiger partial charge is 0.244 e. The van der Waals surface area contributed by atoms with Gasteiger partial charge in [-0.1, -0.05) is 23.2 Å². The molecule has 0 aliphatic carbocycles. The minimum atomic E-state index is -3.72. The summed E-state index contributed by atoms with van der Waals surface area (Å²) in [5.74, 6) is -0.0619. The lowest BCUT2D eigenvalue weighted by Gasteiger charge is -2.19. The van der Waals surface area contributed by atoms with Crippen LogP contribution in [0.25, 0.3) is 0 Å². The van der Waals surface area contributed by atoms with Gasteiger partial charge < -0.3 is 10.8 Å². The molecule has 1 fully saturated rings. The lowest BCUT2D eigenvalue weighted by atomic mass is 10.0. The maximum atomic E-state index is 12.5. The third-order valence-corrected chi connectivity index (χ3v) is 6.33. The summed E-state index contributed by atoms with van der Waals surface area (Å²) in [6.45, 7) is 2.30. The van der Waals surface area contributed by atoms with Gasteiger partial charge in [0.25, 0.3) is 0 Å². The second-order valence-corrected chi connectivity index (χ2v) is 7.62. The van der Waals surface area contributed by atoms with Gasteiger partial charge in [-0.15, -0.1) is 0 Å². The summed E-state index contributed by atoms with van der Waals surface area (Å²) in [5.41, 5.74) is 5.72. The number of halogens is 2. The van der Waals surface area contributed by atoms with E-state index in [9.17, 15) is 13.5 Å². The van der Waals surface area contributed by atoms with Gasteiger partial charge in [-0.3, -0.25) is 0 Å². The van der Waals surface area contributed by atoms with Crippen molar-refractivity contribution in [2.24, 2.45) is 5.92 Å². The van der Waals surface area contributed by atoms with Crippen LogP contribution in [0.2, 0.25) is 10.0 Å². The lowest BCUT2D eigenvalue weighted by molar-refractivity contribution is 0.133. The van der Waals surface area contributed by atoms with Crippen LogP contribution < -0.4 is 5.73 Å². The molecule has 20 heavy (non-hydrogen) atoms. The molecule has 1 aliphatic heterocycles. The number of anilines is 1. The highest BCUT2D eigenvalue weighted by Crippen LogP contribution is 2.36. The van der Waals surface area contributed by atoms with Crippen LogP contribution in [0.4, 0.5) is 5.69 Å². The number of hydrogen-bond acceptors (Lipinski definition) is 4. The number of aliphatic hydroxyl groups is 1. The number of nitrogen functional groups attached to an aromatic ring is 1. The predicted octanol–water partition coefficient (Wildman–Crippen LogP) is 1.97. The van der Waals surface area contributed by atoms with Crippen LogP contribution in [-0.2, 0) is 10.0 Å². The molecule has 0 amide bonds. The van der Waals surface area contributed by atoms with Crippen molar-refractivity contribution in [1.82, 2.24) is 4.31 Å². The summed E-state index contributed by atoms with van der Waals surface area (Å²) in [6.07, 6.45) is 0.0818. The van der Waals surface area contributed by atoms with Gasteiger partial charge in [-0.2, -0.15) is 4.31 Å². The Bertz CT molecular complexity index is 619. The Balaban J connectivity index is 2.35. The summed E-state index contributed by atoms with van der Waals surface area (Å²) in [4.78, 5) is -0.0488. The predicted molar refractivity (Wildman–Crippen MR) is 79.4 cm³/mol. The van der Waals surface area contributed by atoms with E-state index in [4.69, 9.17) is 28.9 Å². The zero-order chi connectivity index (χ0) is 15.1. The van der Waals surface area contributed by atoms with Crippen LogP contribution in [0, 0.1) is 5.92 Å². The molecular formula is C12H16Cl2N2O3S. The van der Waals surface area contributed by atoms with E-state index >= 15 is 0 Å². The van der Waals surface area contributed by atoms with Crippen molar-refractivity contribution in [3.8, 4) is 0 Å². The first-order chi connectivity index (χ1) is 9.25. The van der Waals surface area contributed by atoms with Crippen molar-refractivity contribution >= 4 is 38.9 Å². The molecule has 2 rings (SSSR count). The van der Waals surface area contributed by atoms with Gasteiger partial charge >= 0.3 is 0 Å². The van der Waals surface area contributed by atoms with E-state index in [-0.39, 0.29) is 33.1 Å². The Morgan fingerprint density at radius 1 is 1.45 bits per heavy atom. The van der Waals surface area contributed by atoms with Gasteiger partial charge in [-0.25, -0.2) is 8.42 Å². The van der Waals surface area contributed by atoms with Crippen LogP contribution in [0.15, 0.2) is 17.0 Å². The minimum absolute atomic E-state index is 0.0488. The molecular weight excluding hydrogens is 323 g/mol. The van der Waals surface area contributed by atoms with Gasteiger partial charge in [0, 0.05) is 13.1 Å². The van der Waals surface area contributed by atoms with Crippen molar-refractivity contribution in [2.45, 2.75) is 24.3 Å². The summed E-state index contributed by atoms with van der Waals surface area (Å²) in [6, 6.07) is 2.77. The van der Waals surface area contributed by atoms with E-state index < -0.39 is 16.1 Å². The Kier molecular flexibility index (Phi) is 4.51. The van der Waals surface area contributed by atoms with Gasteiger partial charge in [-0.05, 0) is 31.4 Å². The largest absolute Gasteiger partial charge is 0.396 e. The Morgan fingerprint density at radius 3 is 2.65 bits per heavy atom. The maximum Gasteiger partial charge on any atom is 0.244 e. The van der Waals surface area contributed by atoms with Crippen molar-refractivity contribution in [3.05, 3.63) is 22.2 Å². The van der Waals surface area contributed by atoms with E-state index in [1.807, 2.05) is 0 Å². The molecule has 1 aromatic rings. The molecule has 8 heteroatoms. The van der Waals surface area contributed by atoms with Gasteiger partial charge in [0.2, 0.25) is 10.0 Å². The Labute approximate surface area is 128 Å². The highest BCUT2D eigenvalue weighted by molar-refractivity contribution is 7.89. The average Bonchev–Trinajstić information content (AvgIpc) is 2.86. The maximum absolute atomic E-state index is 12.5. The molecule has 2 atom stereocenters. The van der Waals surface area contributed by atoms with Crippen molar-refractivity contribution in [3.63, 3.8) is 0 Å². The third kappa shape index (κ3) is 2.76. The number of nitrogens with two attached hydrogens (primary N) is 1. The van der Waals surface area contributed by atoms with Crippen molar-refractivity contribution < 1.29 is 13.5 Å². The standard InChI is InChI=1S/C12H16Cl2N2O3S/c1-7(17)8-4-5-16(6-8)20(18,19)10-3-2-9(13)12(15)11(10)14/h2-3,7-8,17H,4-6,15H2,1H3. The first-order valence-electron chi connectivity index (χ1n) is 6.17. The fourth-order valence-corrected chi connectivity index (χ4v) is 4.50. The molecule has 5 nitrogen and oxygen atoms in total. The molecule has 2 unspecified atom stereocenters. The SMILES string of the molecule is CC(O)C1CCN(S(=O)(=O)c2ccc(Cl)c(N)c2Cl)C1. The number of sulfonamides is 1. The highest BCUT2D eigenvalue weighted by Gasteiger charge is 2.35. The van der Waals surface area contributed by atoms with Crippen LogP contribution in [0.1, 0.15) is 13.3 Å². The first-order valence-corrected chi connectivity index (χ1v) is 8.36. The number of nitrogens with zero attached hydrogens (tertiary/aromatic N) is 1. The molecule has 0 radical (unpaired) electrons. The zero-order valence-corrected chi connectivity index (χ0v) is 13.2. The second-order valence-electron chi connectivity index (χ2n) is 4.93. The topological polar surface area (TPSA) is 83.6 Å². The number of benzene rings is 1. The average molecular weight is 339 g/mol. The van der Waals surface area contributed by atoms with Crippen LogP contribution in [0.3, 0.4) is 0 Å². The van der Waals surface area contributed by atoms with E-state index in [0.717, 1.165) is 0 Å². The van der Waals surface area contributed by atoms with E-state index in [1.54, 1.807) is 6.92 Å². The quantitative estimate of drug-likeness (QED) is 0.825. The lowest BCUT2D eigenvalue weighted by Crippen LogP contribution is -2.30. The Morgan fingerprint density at radius 2 is 2.10 bits per heavy atom. The van der Waals surface area contributed by atoms with Crippen molar-refractivity contribution in [2.75, 3.05) is 18.8 Å². The van der Waals surface area contributed by atoms with Crippen molar-refractivity contribution in [1.29, 1.82) is 0 Å². The molecule has 0 saturated carbocycles. The number of rotatable bonds is 3. The molecule has 1 aromatic carbocycles. The second kappa shape index (κ2) is 5.69. The van der Waals surface area contributed by atoms with Gasteiger partial charge in [0.05, 0.1) is 21.8 Å². The van der Waals surface area contributed by atoms with E-state index in [1.165, 1.54) is 16.4 Å². The fourth-order valence-electron chi connectivity index (χ4n) is 2.25. The molecule has 112 valence electrons. The summed E-state index contributed by atoms with van der Waals surface area (Å²) >= 11 is 11.8. The van der Waals surface area contributed by atoms with E-state index in [0.29, 0.717) is 13.0 Å².